The van der Waals surface area contributed by atoms with E-state index in [-0.39, 0.29) is 16.3 Å². The highest BCUT2D eigenvalue weighted by molar-refractivity contribution is 7.11. The largest absolute Gasteiger partial charge is 0.460 e. The van der Waals surface area contributed by atoms with Gasteiger partial charge in [-0.3, -0.25) is 0 Å². The second-order valence-corrected chi connectivity index (χ2v) is 4.04. The van der Waals surface area contributed by atoms with Crippen LogP contribution in [0.4, 0.5) is 22.0 Å². The van der Waals surface area contributed by atoms with Crippen LogP contribution < -0.4 is 5.32 Å². The molecule has 1 unspecified atom stereocenters. The summed E-state index contributed by atoms with van der Waals surface area (Å²) < 4.78 is 61.6. The first-order valence-electron chi connectivity index (χ1n) is 4.16. The lowest BCUT2D eigenvalue weighted by Crippen LogP contribution is -2.33. The summed E-state index contributed by atoms with van der Waals surface area (Å²) in [4.78, 5) is 0. The molecule has 0 aliphatic heterocycles. The number of rotatable bonds is 3. The van der Waals surface area contributed by atoms with Crippen molar-refractivity contribution in [2.75, 3.05) is 7.05 Å². The van der Waals surface area contributed by atoms with Gasteiger partial charge in [0.2, 0.25) is 0 Å². The van der Waals surface area contributed by atoms with Gasteiger partial charge in [-0.1, -0.05) is 11.3 Å². The summed E-state index contributed by atoms with van der Waals surface area (Å²) in [6.45, 7) is 1.58. The first-order valence-corrected chi connectivity index (χ1v) is 4.97. The first-order chi connectivity index (χ1) is 7.20. The molecule has 0 aromatic carbocycles. The predicted octanol–water partition coefficient (Wildman–Crippen LogP) is 2.47. The number of hydrogen-bond donors (Lipinski definition) is 1. The molecule has 1 N–H and O–H groups in total. The molecule has 0 aliphatic rings. The van der Waals surface area contributed by atoms with Gasteiger partial charge in [-0.2, -0.15) is 22.0 Å². The van der Waals surface area contributed by atoms with Gasteiger partial charge in [0.05, 0.1) is 6.04 Å². The number of nitrogens with one attached hydrogen (secondary N) is 1. The molecule has 0 radical (unpaired) electrons. The Morgan fingerprint density at radius 3 is 2.19 bits per heavy atom. The number of nitrogens with zero attached hydrogens (tertiary/aromatic N) is 2. The Bertz CT molecular complexity index is 361. The van der Waals surface area contributed by atoms with Crippen molar-refractivity contribution in [3.8, 4) is 0 Å². The van der Waals surface area contributed by atoms with Gasteiger partial charge >= 0.3 is 12.1 Å². The van der Waals surface area contributed by atoms with E-state index >= 15 is 0 Å². The van der Waals surface area contributed by atoms with E-state index in [0.29, 0.717) is 0 Å². The lowest BCUT2D eigenvalue weighted by atomic mass is 10.3. The topological polar surface area (TPSA) is 37.8 Å². The second-order valence-electron chi connectivity index (χ2n) is 3.03. The molecule has 1 atom stereocenters. The third-order valence-corrected chi connectivity index (χ3v) is 3.04. The molecule has 0 spiro atoms. The summed E-state index contributed by atoms with van der Waals surface area (Å²) in [7, 11) is 1.54. The molecule has 3 nitrogen and oxygen atoms in total. The van der Waals surface area contributed by atoms with E-state index in [1.807, 2.05) is 0 Å². The van der Waals surface area contributed by atoms with Crippen molar-refractivity contribution in [1.29, 1.82) is 0 Å². The summed E-state index contributed by atoms with van der Waals surface area (Å²) in [6, 6.07) is -0.421. The number of hydrogen-bond acceptors (Lipinski definition) is 4. The average Bonchev–Trinajstić information content (AvgIpc) is 2.64. The van der Waals surface area contributed by atoms with E-state index in [1.165, 1.54) is 7.05 Å². The van der Waals surface area contributed by atoms with E-state index < -0.39 is 23.1 Å². The van der Waals surface area contributed by atoms with Crippen LogP contribution in [0.3, 0.4) is 0 Å². The zero-order valence-corrected chi connectivity index (χ0v) is 9.09. The summed E-state index contributed by atoms with van der Waals surface area (Å²) in [5.74, 6) is -4.95. The molecule has 0 amide bonds. The normalized spacial score (nSPS) is 15.2. The van der Waals surface area contributed by atoms with Crippen molar-refractivity contribution in [1.82, 2.24) is 15.5 Å². The monoisotopic (exact) mass is 261 g/mol. The molecule has 16 heavy (non-hydrogen) atoms. The Morgan fingerprint density at radius 1 is 1.19 bits per heavy atom. The van der Waals surface area contributed by atoms with E-state index in [1.54, 1.807) is 6.92 Å². The maximum Gasteiger partial charge on any atom is 0.460 e. The summed E-state index contributed by atoms with van der Waals surface area (Å²) >= 11 is 0.245. The van der Waals surface area contributed by atoms with E-state index in [2.05, 4.69) is 15.5 Å². The summed E-state index contributed by atoms with van der Waals surface area (Å²) in [6.07, 6.45) is -5.65. The van der Waals surface area contributed by atoms with Crippen molar-refractivity contribution < 1.29 is 22.0 Å². The molecular weight excluding hydrogens is 253 g/mol. The van der Waals surface area contributed by atoms with Crippen LogP contribution in [0.5, 0.6) is 0 Å². The van der Waals surface area contributed by atoms with Gasteiger partial charge in [0.1, 0.15) is 5.01 Å². The zero-order chi connectivity index (χ0) is 12.6. The Morgan fingerprint density at radius 2 is 1.75 bits per heavy atom. The fourth-order valence-electron chi connectivity index (χ4n) is 0.781. The van der Waals surface area contributed by atoms with Gasteiger partial charge in [0.15, 0.2) is 5.01 Å². The van der Waals surface area contributed by atoms with E-state index in [9.17, 15) is 22.0 Å². The minimum absolute atomic E-state index is 0.0847. The van der Waals surface area contributed by atoms with Crippen molar-refractivity contribution in [3.05, 3.63) is 10.0 Å². The van der Waals surface area contributed by atoms with Gasteiger partial charge in [0.25, 0.3) is 0 Å². The van der Waals surface area contributed by atoms with Crippen LogP contribution >= 0.6 is 11.3 Å². The highest BCUT2D eigenvalue weighted by atomic mass is 32.1. The average molecular weight is 261 g/mol. The van der Waals surface area contributed by atoms with E-state index in [0.717, 1.165) is 0 Å². The molecule has 0 aliphatic carbocycles. The third kappa shape index (κ3) is 2.29. The number of alkyl halides is 5. The maximum atomic E-state index is 12.8. The molecule has 0 saturated carbocycles. The lowest BCUT2D eigenvalue weighted by Gasteiger charge is -2.15. The Hall–Kier alpha value is -0.830. The van der Waals surface area contributed by atoms with Crippen LogP contribution in [0.1, 0.15) is 23.0 Å². The fraction of sp³-hybridized carbons (Fsp3) is 0.714. The highest BCUT2D eigenvalue weighted by Crippen LogP contribution is 2.45. The van der Waals surface area contributed by atoms with Gasteiger partial charge in [-0.05, 0) is 14.0 Å². The molecule has 1 rings (SSSR count). The Kier molecular flexibility index (Phi) is 3.48. The lowest BCUT2D eigenvalue weighted by molar-refractivity contribution is -0.289. The minimum atomic E-state index is -5.65. The van der Waals surface area contributed by atoms with Gasteiger partial charge < -0.3 is 5.32 Å². The molecule has 92 valence electrons. The highest BCUT2D eigenvalue weighted by Gasteiger charge is 2.61. The maximum absolute atomic E-state index is 12.8. The molecule has 1 aromatic rings. The van der Waals surface area contributed by atoms with E-state index in [4.69, 9.17) is 0 Å². The molecule has 0 saturated heterocycles. The van der Waals surface area contributed by atoms with Crippen molar-refractivity contribution in [2.45, 2.75) is 25.1 Å². The molecule has 0 bridgehead atoms. The molecule has 1 aromatic heterocycles. The number of aromatic nitrogens is 2. The predicted molar refractivity (Wildman–Crippen MR) is 47.3 cm³/mol. The van der Waals surface area contributed by atoms with Gasteiger partial charge in [0, 0.05) is 0 Å². The van der Waals surface area contributed by atoms with Crippen molar-refractivity contribution in [2.24, 2.45) is 0 Å². The zero-order valence-electron chi connectivity index (χ0n) is 8.27. The molecule has 1 heterocycles. The molecule has 9 heteroatoms. The number of halogens is 5. The molecular formula is C7H8F5N3S. The quantitative estimate of drug-likeness (QED) is 0.849. The van der Waals surface area contributed by atoms with Gasteiger partial charge in [-0.15, -0.1) is 10.2 Å². The van der Waals surface area contributed by atoms with Crippen LogP contribution in [0.25, 0.3) is 0 Å². The van der Waals surface area contributed by atoms with Crippen LogP contribution in [0.2, 0.25) is 0 Å². The SMILES string of the molecule is CNC(C)c1nnc(C(F)(F)C(F)(F)F)s1. The third-order valence-electron chi connectivity index (χ3n) is 1.87. The van der Waals surface area contributed by atoms with Crippen LogP contribution in [-0.2, 0) is 5.92 Å². The molecule has 0 fully saturated rings. The fourth-order valence-corrected chi connectivity index (χ4v) is 1.68. The first kappa shape index (κ1) is 13.2. The Labute approximate surface area is 91.7 Å². The standard InChI is InChI=1S/C7H8F5N3S/c1-3(13-2)4-14-15-5(16-4)6(8,9)7(10,11)12/h3,13H,1-2H3. The van der Waals surface area contributed by atoms with Crippen LogP contribution in [-0.4, -0.2) is 23.4 Å². The van der Waals surface area contributed by atoms with Gasteiger partial charge in [-0.25, -0.2) is 0 Å². The Balaban J connectivity index is 3.02. The van der Waals surface area contributed by atoms with Crippen LogP contribution in [0, 0.1) is 0 Å². The minimum Gasteiger partial charge on any atom is -0.311 e. The smallest absolute Gasteiger partial charge is 0.311 e. The summed E-state index contributed by atoms with van der Waals surface area (Å²) in [5.41, 5.74) is 0. The summed E-state index contributed by atoms with van der Waals surface area (Å²) in [5, 5.41) is 7.59. The van der Waals surface area contributed by atoms with Crippen molar-refractivity contribution >= 4 is 11.3 Å². The van der Waals surface area contributed by atoms with Crippen molar-refractivity contribution in [3.63, 3.8) is 0 Å². The second kappa shape index (κ2) is 4.21. The van der Waals surface area contributed by atoms with Crippen LogP contribution in [0.15, 0.2) is 0 Å².